The van der Waals surface area contributed by atoms with Crippen LogP contribution in [-0.2, 0) is 4.79 Å². The Bertz CT molecular complexity index is 552. The van der Waals surface area contributed by atoms with Gasteiger partial charge >= 0.3 is 0 Å². The second-order valence-electron chi connectivity index (χ2n) is 4.24. The van der Waals surface area contributed by atoms with E-state index in [0.717, 1.165) is 29.8 Å². The Labute approximate surface area is 99.3 Å². The van der Waals surface area contributed by atoms with Gasteiger partial charge in [0.25, 0.3) is 0 Å². The third-order valence-electron chi connectivity index (χ3n) is 3.14. The van der Waals surface area contributed by atoms with Gasteiger partial charge < -0.3 is 4.90 Å². The van der Waals surface area contributed by atoms with Crippen molar-refractivity contribution >= 4 is 22.5 Å². The number of nitrogens with zero attached hydrogens (tertiary/aromatic N) is 3. The predicted molar refractivity (Wildman–Crippen MR) is 66.0 cm³/mol. The van der Waals surface area contributed by atoms with Crippen molar-refractivity contribution in [3.8, 4) is 0 Å². The van der Waals surface area contributed by atoms with Gasteiger partial charge in [0.2, 0.25) is 0 Å². The predicted octanol–water partition coefficient (Wildman–Crippen LogP) is 1.80. The number of ketones is 1. The molecule has 1 saturated heterocycles. The van der Waals surface area contributed by atoms with E-state index in [0.29, 0.717) is 18.6 Å². The Balaban J connectivity index is 2.02. The zero-order valence-electron chi connectivity index (χ0n) is 9.47. The number of benzene rings is 1. The number of anilines is 1. The molecule has 0 bridgehead atoms. The second-order valence-corrected chi connectivity index (χ2v) is 4.24. The molecule has 17 heavy (non-hydrogen) atoms. The Kier molecular flexibility index (Phi) is 2.48. The first-order chi connectivity index (χ1) is 8.34. The van der Waals surface area contributed by atoms with Crippen molar-refractivity contribution in [2.75, 3.05) is 18.0 Å². The van der Waals surface area contributed by atoms with Gasteiger partial charge in [0.15, 0.2) is 0 Å². The van der Waals surface area contributed by atoms with E-state index in [1.165, 1.54) is 0 Å². The summed E-state index contributed by atoms with van der Waals surface area (Å²) >= 11 is 0. The number of hydrogen-bond acceptors (Lipinski definition) is 4. The summed E-state index contributed by atoms with van der Waals surface area (Å²) in [7, 11) is 0. The van der Waals surface area contributed by atoms with E-state index in [4.69, 9.17) is 0 Å². The molecule has 0 atom stereocenters. The van der Waals surface area contributed by atoms with Gasteiger partial charge in [-0.1, -0.05) is 12.1 Å². The smallest absolute Gasteiger partial charge is 0.139 e. The van der Waals surface area contributed by atoms with E-state index in [9.17, 15) is 4.79 Å². The highest BCUT2D eigenvalue weighted by Gasteiger charge is 2.18. The summed E-state index contributed by atoms with van der Waals surface area (Å²) in [4.78, 5) is 22.0. The molecule has 0 amide bonds. The van der Waals surface area contributed by atoms with Gasteiger partial charge in [-0.3, -0.25) is 4.79 Å². The summed E-state index contributed by atoms with van der Waals surface area (Å²) < 4.78 is 0. The number of Topliss-reactive ketones (excluding diaryl/α,β-unsaturated/α-hetero) is 1. The molecule has 3 rings (SSSR count). The van der Waals surface area contributed by atoms with Crippen LogP contribution in [0.4, 0.5) is 5.82 Å². The van der Waals surface area contributed by atoms with E-state index in [2.05, 4.69) is 14.9 Å². The van der Waals surface area contributed by atoms with E-state index in [-0.39, 0.29) is 0 Å². The minimum absolute atomic E-state index is 0.347. The average molecular weight is 227 g/mol. The summed E-state index contributed by atoms with van der Waals surface area (Å²) in [5, 5.41) is 1.06. The highest BCUT2D eigenvalue weighted by molar-refractivity contribution is 5.90. The van der Waals surface area contributed by atoms with Gasteiger partial charge in [-0.15, -0.1) is 0 Å². The van der Waals surface area contributed by atoms with Gasteiger partial charge in [0.05, 0.1) is 5.52 Å². The topological polar surface area (TPSA) is 46.1 Å². The standard InChI is InChI=1S/C13H13N3O/c17-10-5-7-16(8-6-10)13-11-3-1-2-4-12(11)14-9-15-13/h1-4,9H,5-8H2. The van der Waals surface area contributed by atoms with Crippen molar-refractivity contribution in [2.45, 2.75) is 12.8 Å². The lowest BCUT2D eigenvalue weighted by molar-refractivity contribution is -0.119. The molecule has 1 aliphatic heterocycles. The van der Waals surface area contributed by atoms with Gasteiger partial charge in [0.1, 0.15) is 17.9 Å². The highest BCUT2D eigenvalue weighted by Crippen LogP contribution is 2.24. The highest BCUT2D eigenvalue weighted by atomic mass is 16.1. The van der Waals surface area contributed by atoms with E-state index in [1.807, 2.05) is 24.3 Å². The fourth-order valence-corrected chi connectivity index (χ4v) is 2.21. The normalized spacial score (nSPS) is 16.5. The number of carbonyl (C=O) groups excluding carboxylic acids is 1. The van der Waals surface area contributed by atoms with Crippen molar-refractivity contribution in [1.29, 1.82) is 0 Å². The molecule has 2 aromatic rings. The minimum Gasteiger partial charge on any atom is -0.355 e. The van der Waals surface area contributed by atoms with Crippen LogP contribution in [0.25, 0.3) is 10.9 Å². The Morgan fingerprint density at radius 1 is 1.06 bits per heavy atom. The van der Waals surface area contributed by atoms with Gasteiger partial charge in [-0.05, 0) is 12.1 Å². The van der Waals surface area contributed by atoms with E-state index in [1.54, 1.807) is 6.33 Å². The molecule has 0 spiro atoms. The first-order valence-corrected chi connectivity index (χ1v) is 5.81. The minimum atomic E-state index is 0.347. The van der Waals surface area contributed by atoms with Crippen molar-refractivity contribution in [3.63, 3.8) is 0 Å². The molecule has 86 valence electrons. The van der Waals surface area contributed by atoms with Crippen LogP contribution in [0.15, 0.2) is 30.6 Å². The molecule has 0 radical (unpaired) electrons. The summed E-state index contributed by atoms with van der Waals surface area (Å²) in [6.07, 6.45) is 2.84. The number of hydrogen-bond donors (Lipinski definition) is 0. The number of carbonyl (C=O) groups is 1. The Morgan fingerprint density at radius 2 is 1.82 bits per heavy atom. The zero-order valence-corrected chi connectivity index (χ0v) is 9.47. The van der Waals surface area contributed by atoms with Crippen LogP contribution in [0.2, 0.25) is 0 Å². The van der Waals surface area contributed by atoms with Crippen LogP contribution in [0.1, 0.15) is 12.8 Å². The summed E-state index contributed by atoms with van der Waals surface area (Å²) in [6.45, 7) is 1.53. The van der Waals surface area contributed by atoms with Crippen LogP contribution in [0.5, 0.6) is 0 Å². The Morgan fingerprint density at radius 3 is 2.65 bits per heavy atom. The zero-order chi connectivity index (χ0) is 11.7. The fraction of sp³-hybridized carbons (Fsp3) is 0.308. The molecule has 1 aliphatic rings. The maximum atomic E-state index is 11.2. The molecule has 1 aromatic carbocycles. The third kappa shape index (κ3) is 1.86. The third-order valence-corrected chi connectivity index (χ3v) is 3.14. The molecule has 0 saturated carbocycles. The monoisotopic (exact) mass is 227 g/mol. The van der Waals surface area contributed by atoms with Crippen molar-refractivity contribution in [1.82, 2.24) is 9.97 Å². The molecule has 0 N–H and O–H groups in total. The number of piperidine rings is 1. The second kappa shape index (κ2) is 4.13. The average Bonchev–Trinajstić information content (AvgIpc) is 2.39. The molecule has 0 unspecified atom stereocenters. The maximum Gasteiger partial charge on any atom is 0.139 e. The molecule has 4 nitrogen and oxygen atoms in total. The van der Waals surface area contributed by atoms with Crippen molar-refractivity contribution in [3.05, 3.63) is 30.6 Å². The molecular weight excluding hydrogens is 214 g/mol. The lowest BCUT2D eigenvalue weighted by atomic mass is 10.1. The van der Waals surface area contributed by atoms with Gasteiger partial charge in [-0.2, -0.15) is 0 Å². The number of rotatable bonds is 1. The van der Waals surface area contributed by atoms with Crippen LogP contribution >= 0.6 is 0 Å². The molecule has 1 aromatic heterocycles. The van der Waals surface area contributed by atoms with Crippen molar-refractivity contribution < 1.29 is 4.79 Å². The summed E-state index contributed by atoms with van der Waals surface area (Å²) in [5.41, 5.74) is 0.953. The molecule has 0 aliphatic carbocycles. The molecule has 1 fully saturated rings. The number of aromatic nitrogens is 2. The van der Waals surface area contributed by atoms with E-state index >= 15 is 0 Å². The lowest BCUT2D eigenvalue weighted by Gasteiger charge is -2.27. The number of para-hydroxylation sites is 1. The summed E-state index contributed by atoms with van der Waals surface area (Å²) in [6, 6.07) is 7.97. The number of fused-ring (bicyclic) bond motifs is 1. The lowest BCUT2D eigenvalue weighted by Crippen LogP contribution is -2.34. The largest absolute Gasteiger partial charge is 0.355 e. The van der Waals surface area contributed by atoms with Gasteiger partial charge in [-0.25, -0.2) is 9.97 Å². The first-order valence-electron chi connectivity index (χ1n) is 5.81. The SMILES string of the molecule is O=C1CCN(c2ncnc3ccccc23)CC1. The molecule has 2 heterocycles. The van der Waals surface area contributed by atoms with Crippen LogP contribution in [0, 0.1) is 0 Å². The Hall–Kier alpha value is -1.97. The van der Waals surface area contributed by atoms with Crippen molar-refractivity contribution in [2.24, 2.45) is 0 Å². The van der Waals surface area contributed by atoms with Gasteiger partial charge in [0, 0.05) is 31.3 Å². The summed E-state index contributed by atoms with van der Waals surface area (Å²) in [5.74, 6) is 1.29. The fourth-order valence-electron chi connectivity index (χ4n) is 2.21. The van der Waals surface area contributed by atoms with Crippen LogP contribution < -0.4 is 4.90 Å². The maximum absolute atomic E-state index is 11.2. The van der Waals surface area contributed by atoms with Crippen LogP contribution in [0.3, 0.4) is 0 Å². The molecular formula is C13H13N3O. The quantitative estimate of drug-likeness (QED) is 0.745. The van der Waals surface area contributed by atoms with E-state index < -0.39 is 0 Å². The van der Waals surface area contributed by atoms with Crippen LogP contribution in [-0.4, -0.2) is 28.8 Å². The first kappa shape index (κ1) is 10.2. The molecule has 4 heteroatoms.